The molecule has 0 bridgehead atoms. The molecule has 148 valence electrons. The highest BCUT2D eigenvalue weighted by Crippen LogP contribution is 2.19. The van der Waals surface area contributed by atoms with Crippen molar-refractivity contribution in [2.24, 2.45) is 0 Å². The molecule has 28 heavy (non-hydrogen) atoms. The molecule has 0 atom stereocenters. The predicted octanol–water partition coefficient (Wildman–Crippen LogP) is 0.984. The van der Waals surface area contributed by atoms with Crippen LogP contribution in [-0.4, -0.2) is 76.8 Å². The second-order valence-corrected chi connectivity index (χ2v) is 6.99. The van der Waals surface area contributed by atoms with Gasteiger partial charge in [-0.1, -0.05) is 0 Å². The topological polar surface area (TPSA) is 87.6 Å². The van der Waals surface area contributed by atoms with Crippen molar-refractivity contribution in [3.63, 3.8) is 0 Å². The first-order chi connectivity index (χ1) is 13.8. The lowest BCUT2D eigenvalue weighted by atomic mass is 10.1. The van der Waals surface area contributed by atoms with Crippen LogP contribution < -0.4 is 14.5 Å². The van der Waals surface area contributed by atoms with Gasteiger partial charge in [-0.2, -0.15) is 0 Å². The number of amides is 1. The summed E-state index contributed by atoms with van der Waals surface area (Å²) in [7, 11) is 0. The number of piperidine rings is 1. The number of rotatable bonds is 5. The molecule has 9 heteroatoms. The molecule has 0 N–H and O–H groups in total. The summed E-state index contributed by atoms with van der Waals surface area (Å²) in [6.45, 7) is 4.79. The van der Waals surface area contributed by atoms with Gasteiger partial charge in [0.05, 0.1) is 0 Å². The average Bonchev–Trinajstić information content (AvgIpc) is 2.79. The van der Waals surface area contributed by atoms with Gasteiger partial charge >= 0.3 is 6.01 Å². The van der Waals surface area contributed by atoms with Gasteiger partial charge in [0.2, 0.25) is 0 Å². The number of hydrogen-bond acceptors (Lipinski definition) is 8. The van der Waals surface area contributed by atoms with Gasteiger partial charge in [0, 0.05) is 51.7 Å². The minimum Gasteiger partial charge on any atom is -0.453 e. The van der Waals surface area contributed by atoms with E-state index in [-0.39, 0.29) is 18.5 Å². The molecule has 2 fully saturated rings. The van der Waals surface area contributed by atoms with Gasteiger partial charge in [0.15, 0.2) is 18.2 Å². The minimum absolute atomic E-state index is 0.0473. The van der Waals surface area contributed by atoms with Gasteiger partial charge in [-0.05, 0) is 37.5 Å². The van der Waals surface area contributed by atoms with Crippen LogP contribution in [0.15, 0.2) is 30.6 Å². The molecule has 4 heterocycles. The lowest BCUT2D eigenvalue weighted by Gasteiger charge is -2.35. The quantitative estimate of drug-likeness (QED) is 0.755. The van der Waals surface area contributed by atoms with E-state index in [1.807, 2.05) is 6.07 Å². The van der Waals surface area contributed by atoms with E-state index in [0.29, 0.717) is 13.1 Å². The van der Waals surface area contributed by atoms with Crippen molar-refractivity contribution in [2.45, 2.75) is 19.3 Å². The van der Waals surface area contributed by atoms with Crippen molar-refractivity contribution in [2.75, 3.05) is 55.7 Å². The largest absolute Gasteiger partial charge is 0.453 e. The Bertz CT molecular complexity index is 758. The summed E-state index contributed by atoms with van der Waals surface area (Å²) >= 11 is 0. The molecule has 2 aliphatic heterocycles. The van der Waals surface area contributed by atoms with Crippen molar-refractivity contribution < 1.29 is 9.53 Å². The zero-order chi connectivity index (χ0) is 19.2. The van der Waals surface area contributed by atoms with E-state index in [2.05, 4.69) is 36.0 Å². The first kappa shape index (κ1) is 18.4. The number of nitrogens with zero attached hydrogens (tertiary/aromatic N) is 7. The molecule has 0 saturated carbocycles. The Morgan fingerprint density at radius 1 is 0.857 bits per heavy atom. The molecule has 2 aliphatic rings. The van der Waals surface area contributed by atoms with E-state index in [9.17, 15) is 4.79 Å². The standard InChI is InChI=1S/C19H25N7O2/c27-18(15-28-19-20-7-4-8-21-19)26-13-11-25(12-14-26)17-6-5-16(22-23-17)24-9-2-1-3-10-24/h4-8H,1-3,9-15H2. The Morgan fingerprint density at radius 3 is 2.07 bits per heavy atom. The van der Waals surface area contributed by atoms with Crippen LogP contribution in [0.25, 0.3) is 0 Å². The van der Waals surface area contributed by atoms with Crippen molar-refractivity contribution >= 4 is 17.5 Å². The zero-order valence-electron chi connectivity index (χ0n) is 15.9. The molecule has 2 aromatic rings. The number of carbonyl (C=O) groups is 1. The smallest absolute Gasteiger partial charge is 0.316 e. The Labute approximate surface area is 164 Å². The van der Waals surface area contributed by atoms with Gasteiger partial charge in [0.25, 0.3) is 5.91 Å². The lowest BCUT2D eigenvalue weighted by Crippen LogP contribution is -2.50. The Kier molecular flexibility index (Phi) is 5.79. The molecule has 0 aromatic carbocycles. The fraction of sp³-hybridized carbons (Fsp3) is 0.526. The molecular weight excluding hydrogens is 358 g/mol. The van der Waals surface area contributed by atoms with Crippen LogP contribution >= 0.6 is 0 Å². The van der Waals surface area contributed by atoms with Gasteiger partial charge in [-0.25, -0.2) is 9.97 Å². The van der Waals surface area contributed by atoms with Crippen LogP contribution in [-0.2, 0) is 4.79 Å². The van der Waals surface area contributed by atoms with E-state index < -0.39 is 0 Å². The third-order valence-corrected chi connectivity index (χ3v) is 5.14. The Hall–Kier alpha value is -2.97. The highest BCUT2D eigenvalue weighted by molar-refractivity contribution is 5.78. The summed E-state index contributed by atoms with van der Waals surface area (Å²) in [6.07, 6.45) is 6.92. The van der Waals surface area contributed by atoms with Crippen molar-refractivity contribution in [3.05, 3.63) is 30.6 Å². The maximum atomic E-state index is 12.3. The average molecular weight is 383 g/mol. The third kappa shape index (κ3) is 4.47. The summed E-state index contributed by atoms with van der Waals surface area (Å²) in [5, 5.41) is 8.83. The van der Waals surface area contributed by atoms with Crippen LogP contribution in [0.2, 0.25) is 0 Å². The fourth-order valence-corrected chi connectivity index (χ4v) is 3.54. The molecule has 0 spiro atoms. The second-order valence-electron chi connectivity index (χ2n) is 6.99. The summed E-state index contributed by atoms with van der Waals surface area (Å²) in [6, 6.07) is 6.01. The van der Waals surface area contributed by atoms with Gasteiger partial charge in [-0.15, -0.1) is 10.2 Å². The zero-order valence-corrected chi connectivity index (χ0v) is 15.9. The molecule has 2 aromatic heterocycles. The second kappa shape index (κ2) is 8.81. The highest BCUT2D eigenvalue weighted by atomic mass is 16.5. The molecule has 0 aliphatic carbocycles. The molecule has 0 radical (unpaired) electrons. The van der Waals surface area contributed by atoms with E-state index in [0.717, 1.165) is 37.8 Å². The highest BCUT2D eigenvalue weighted by Gasteiger charge is 2.23. The van der Waals surface area contributed by atoms with Crippen LogP contribution in [0.4, 0.5) is 11.6 Å². The van der Waals surface area contributed by atoms with Crippen molar-refractivity contribution in [3.8, 4) is 6.01 Å². The Balaban J connectivity index is 1.26. The van der Waals surface area contributed by atoms with Gasteiger partial charge in [-0.3, -0.25) is 4.79 Å². The number of carbonyl (C=O) groups excluding carboxylic acids is 1. The number of aromatic nitrogens is 4. The summed E-state index contributed by atoms with van der Waals surface area (Å²) in [5.74, 6) is 1.76. The van der Waals surface area contributed by atoms with Crippen LogP contribution in [0, 0.1) is 0 Å². The summed E-state index contributed by atoms with van der Waals surface area (Å²) in [5.41, 5.74) is 0. The van der Waals surface area contributed by atoms with E-state index in [1.165, 1.54) is 19.3 Å². The maximum absolute atomic E-state index is 12.3. The SMILES string of the molecule is O=C(COc1ncccn1)N1CCN(c2ccc(N3CCCCC3)nn2)CC1. The molecule has 0 unspecified atom stereocenters. The maximum Gasteiger partial charge on any atom is 0.316 e. The number of ether oxygens (including phenoxy) is 1. The summed E-state index contributed by atoms with van der Waals surface area (Å²) in [4.78, 5) is 26.5. The monoisotopic (exact) mass is 383 g/mol. The predicted molar refractivity (Wildman–Crippen MR) is 104 cm³/mol. The lowest BCUT2D eigenvalue weighted by molar-refractivity contribution is -0.133. The summed E-state index contributed by atoms with van der Waals surface area (Å²) < 4.78 is 5.35. The first-order valence-electron chi connectivity index (χ1n) is 9.81. The third-order valence-electron chi connectivity index (χ3n) is 5.14. The number of hydrogen-bond donors (Lipinski definition) is 0. The Morgan fingerprint density at radius 2 is 1.46 bits per heavy atom. The van der Waals surface area contributed by atoms with Crippen molar-refractivity contribution in [1.29, 1.82) is 0 Å². The molecular formula is C19H25N7O2. The minimum atomic E-state index is -0.0568. The molecule has 2 saturated heterocycles. The van der Waals surface area contributed by atoms with Gasteiger partial charge < -0.3 is 19.4 Å². The molecule has 4 rings (SSSR count). The van der Waals surface area contributed by atoms with Crippen LogP contribution in [0.3, 0.4) is 0 Å². The fourth-order valence-electron chi connectivity index (χ4n) is 3.54. The number of piperazine rings is 1. The van der Waals surface area contributed by atoms with E-state index in [1.54, 1.807) is 23.4 Å². The normalized spacial score (nSPS) is 17.5. The van der Waals surface area contributed by atoms with Gasteiger partial charge in [0.1, 0.15) is 0 Å². The van der Waals surface area contributed by atoms with Crippen LogP contribution in [0.1, 0.15) is 19.3 Å². The first-order valence-corrected chi connectivity index (χ1v) is 9.81. The number of anilines is 2. The van der Waals surface area contributed by atoms with Crippen molar-refractivity contribution in [1.82, 2.24) is 25.1 Å². The molecule has 9 nitrogen and oxygen atoms in total. The van der Waals surface area contributed by atoms with Crippen LogP contribution in [0.5, 0.6) is 6.01 Å². The van der Waals surface area contributed by atoms with E-state index in [4.69, 9.17) is 4.74 Å². The molecule has 1 amide bonds. The van der Waals surface area contributed by atoms with E-state index >= 15 is 0 Å².